The number of hydrogen-bond acceptors (Lipinski definition) is 4. The summed E-state index contributed by atoms with van der Waals surface area (Å²) >= 11 is 3.55. The van der Waals surface area contributed by atoms with Crippen molar-refractivity contribution in [2.24, 2.45) is 0 Å². The fourth-order valence-electron chi connectivity index (χ4n) is 1.96. The van der Waals surface area contributed by atoms with Gasteiger partial charge in [-0.3, -0.25) is 0 Å². The maximum absolute atomic E-state index is 5.74. The SMILES string of the molecule is Cc1cc(COc2ccc(CNC3CC3)cc2Br)no1. The highest BCUT2D eigenvalue weighted by molar-refractivity contribution is 9.10. The lowest BCUT2D eigenvalue weighted by atomic mass is 10.2. The van der Waals surface area contributed by atoms with Gasteiger partial charge in [-0.05, 0) is 53.4 Å². The minimum atomic E-state index is 0.412. The smallest absolute Gasteiger partial charge is 0.134 e. The van der Waals surface area contributed by atoms with Crippen molar-refractivity contribution >= 4 is 15.9 Å². The molecule has 1 aromatic heterocycles. The number of aryl methyl sites for hydroxylation is 1. The molecule has 2 aromatic rings. The molecule has 1 fully saturated rings. The molecular weight excluding hydrogens is 320 g/mol. The second-order valence-corrected chi connectivity index (χ2v) is 5.99. The first kappa shape index (κ1) is 13.6. The van der Waals surface area contributed by atoms with E-state index in [4.69, 9.17) is 9.26 Å². The summed E-state index contributed by atoms with van der Waals surface area (Å²) in [6.07, 6.45) is 2.61. The van der Waals surface area contributed by atoms with Gasteiger partial charge in [-0.2, -0.15) is 0 Å². The number of aromatic nitrogens is 1. The van der Waals surface area contributed by atoms with E-state index in [1.165, 1.54) is 18.4 Å². The van der Waals surface area contributed by atoms with Crippen LogP contribution in [0.25, 0.3) is 0 Å². The number of ether oxygens (including phenoxy) is 1. The Morgan fingerprint density at radius 1 is 1.40 bits per heavy atom. The number of nitrogens with one attached hydrogen (secondary N) is 1. The van der Waals surface area contributed by atoms with E-state index < -0.39 is 0 Å². The maximum Gasteiger partial charge on any atom is 0.134 e. The first-order valence-electron chi connectivity index (χ1n) is 6.77. The molecule has 20 heavy (non-hydrogen) atoms. The largest absolute Gasteiger partial charge is 0.486 e. The lowest BCUT2D eigenvalue weighted by molar-refractivity contribution is 0.286. The molecular formula is C15H17BrN2O2. The van der Waals surface area contributed by atoms with Gasteiger partial charge in [0.2, 0.25) is 0 Å². The summed E-state index contributed by atoms with van der Waals surface area (Å²) in [5, 5.41) is 7.40. The average Bonchev–Trinajstić information content (AvgIpc) is 3.17. The number of halogens is 1. The molecule has 106 valence electrons. The average molecular weight is 337 g/mol. The van der Waals surface area contributed by atoms with Crippen LogP contribution >= 0.6 is 15.9 Å². The van der Waals surface area contributed by atoms with Crippen molar-refractivity contribution in [3.8, 4) is 5.75 Å². The Morgan fingerprint density at radius 2 is 2.25 bits per heavy atom. The number of rotatable bonds is 6. The van der Waals surface area contributed by atoms with Crippen LogP contribution in [0.3, 0.4) is 0 Å². The summed E-state index contributed by atoms with van der Waals surface area (Å²) in [4.78, 5) is 0. The minimum absolute atomic E-state index is 0.412. The molecule has 0 aliphatic heterocycles. The molecule has 0 saturated heterocycles. The molecule has 1 heterocycles. The predicted molar refractivity (Wildman–Crippen MR) is 79.6 cm³/mol. The lowest BCUT2D eigenvalue weighted by Crippen LogP contribution is -2.15. The van der Waals surface area contributed by atoms with Gasteiger partial charge in [0, 0.05) is 18.7 Å². The molecule has 3 rings (SSSR count). The molecule has 4 nitrogen and oxygen atoms in total. The van der Waals surface area contributed by atoms with Crippen molar-refractivity contribution < 1.29 is 9.26 Å². The van der Waals surface area contributed by atoms with Gasteiger partial charge in [-0.1, -0.05) is 11.2 Å². The van der Waals surface area contributed by atoms with E-state index in [0.29, 0.717) is 6.61 Å². The van der Waals surface area contributed by atoms with Crippen molar-refractivity contribution in [1.82, 2.24) is 10.5 Å². The third-order valence-corrected chi connectivity index (χ3v) is 3.84. The molecule has 0 bridgehead atoms. The van der Waals surface area contributed by atoms with Crippen molar-refractivity contribution in [3.05, 3.63) is 45.8 Å². The Labute approximate surface area is 126 Å². The maximum atomic E-state index is 5.74. The Balaban J connectivity index is 1.58. The van der Waals surface area contributed by atoms with Crippen LogP contribution in [0, 0.1) is 6.92 Å². The van der Waals surface area contributed by atoms with E-state index in [9.17, 15) is 0 Å². The fraction of sp³-hybridized carbons (Fsp3) is 0.400. The van der Waals surface area contributed by atoms with E-state index in [0.717, 1.165) is 34.3 Å². The zero-order valence-corrected chi connectivity index (χ0v) is 12.9. The Kier molecular flexibility index (Phi) is 4.08. The molecule has 1 aromatic carbocycles. The second-order valence-electron chi connectivity index (χ2n) is 5.14. The van der Waals surface area contributed by atoms with E-state index in [2.05, 4.69) is 38.5 Å². The van der Waals surface area contributed by atoms with Gasteiger partial charge >= 0.3 is 0 Å². The van der Waals surface area contributed by atoms with E-state index in [1.807, 2.05) is 19.1 Å². The van der Waals surface area contributed by atoms with Crippen molar-refractivity contribution in [3.63, 3.8) is 0 Å². The topological polar surface area (TPSA) is 47.3 Å². The Morgan fingerprint density at radius 3 is 2.90 bits per heavy atom. The van der Waals surface area contributed by atoms with Crippen LogP contribution in [0.1, 0.15) is 29.9 Å². The molecule has 0 spiro atoms. The summed E-state index contributed by atoms with van der Waals surface area (Å²) in [5.41, 5.74) is 2.06. The summed E-state index contributed by atoms with van der Waals surface area (Å²) in [5.74, 6) is 1.62. The van der Waals surface area contributed by atoms with Crippen molar-refractivity contribution in [2.75, 3.05) is 0 Å². The highest BCUT2D eigenvalue weighted by Gasteiger charge is 2.20. The summed E-state index contributed by atoms with van der Waals surface area (Å²) in [6.45, 7) is 3.19. The first-order chi connectivity index (χ1) is 9.70. The summed E-state index contributed by atoms with van der Waals surface area (Å²) < 4.78 is 11.7. The van der Waals surface area contributed by atoms with Gasteiger partial charge in [-0.15, -0.1) is 0 Å². The second kappa shape index (κ2) is 5.97. The quantitative estimate of drug-likeness (QED) is 0.875. The third-order valence-electron chi connectivity index (χ3n) is 3.22. The zero-order chi connectivity index (χ0) is 13.9. The van der Waals surface area contributed by atoms with Gasteiger partial charge in [0.15, 0.2) is 0 Å². The summed E-state index contributed by atoms with van der Waals surface area (Å²) in [6, 6.07) is 8.77. The molecule has 0 atom stereocenters. The number of benzene rings is 1. The van der Waals surface area contributed by atoms with Gasteiger partial charge in [0.1, 0.15) is 23.8 Å². The van der Waals surface area contributed by atoms with Gasteiger partial charge in [-0.25, -0.2) is 0 Å². The van der Waals surface area contributed by atoms with Crippen LogP contribution in [-0.2, 0) is 13.2 Å². The van der Waals surface area contributed by atoms with Crippen LogP contribution in [0.4, 0.5) is 0 Å². The molecule has 5 heteroatoms. The summed E-state index contributed by atoms with van der Waals surface area (Å²) in [7, 11) is 0. The Bertz CT molecular complexity index is 593. The van der Waals surface area contributed by atoms with E-state index in [1.54, 1.807) is 0 Å². The number of nitrogens with zero attached hydrogens (tertiary/aromatic N) is 1. The minimum Gasteiger partial charge on any atom is -0.486 e. The highest BCUT2D eigenvalue weighted by Crippen LogP contribution is 2.27. The fourth-order valence-corrected chi connectivity index (χ4v) is 2.50. The molecule has 0 radical (unpaired) electrons. The van der Waals surface area contributed by atoms with E-state index in [-0.39, 0.29) is 0 Å². The van der Waals surface area contributed by atoms with Crippen LogP contribution in [0.2, 0.25) is 0 Å². The normalized spacial score (nSPS) is 14.5. The predicted octanol–water partition coefficient (Wildman–Crippen LogP) is 3.58. The molecule has 1 N–H and O–H groups in total. The Hall–Kier alpha value is -1.33. The zero-order valence-electron chi connectivity index (χ0n) is 11.4. The van der Waals surface area contributed by atoms with Gasteiger partial charge in [0.05, 0.1) is 4.47 Å². The van der Waals surface area contributed by atoms with Crippen LogP contribution in [-0.4, -0.2) is 11.2 Å². The van der Waals surface area contributed by atoms with Crippen molar-refractivity contribution in [1.29, 1.82) is 0 Å². The van der Waals surface area contributed by atoms with Crippen LogP contribution in [0.5, 0.6) is 5.75 Å². The molecule has 1 saturated carbocycles. The molecule has 0 amide bonds. The monoisotopic (exact) mass is 336 g/mol. The van der Waals surface area contributed by atoms with Gasteiger partial charge < -0.3 is 14.6 Å². The molecule has 1 aliphatic carbocycles. The highest BCUT2D eigenvalue weighted by atomic mass is 79.9. The van der Waals surface area contributed by atoms with Crippen LogP contribution in [0.15, 0.2) is 33.3 Å². The molecule has 1 aliphatic rings. The lowest BCUT2D eigenvalue weighted by Gasteiger charge is -2.09. The molecule has 0 unspecified atom stereocenters. The van der Waals surface area contributed by atoms with E-state index >= 15 is 0 Å². The van der Waals surface area contributed by atoms with Crippen LogP contribution < -0.4 is 10.1 Å². The number of hydrogen-bond donors (Lipinski definition) is 1. The third kappa shape index (κ3) is 3.61. The standard InChI is InChI=1S/C15H17BrN2O2/c1-10-6-13(18-20-10)9-19-15-5-2-11(7-14(15)16)8-17-12-3-4-12/h2,5-7,12,17H,3-4,8-9H2,1H3. The van der Waals surface area contributed by atoms with Crippen molar-refractivity contribution in [2.45, 2.75) is 39.0 Å². The first-order valence-corrected chi connectivity index (χ1v) is 7.57. The van der Waals surface area contributed by atoms with Gasteiger partial charge in [0.25, 0.3) is 0 Å².